The molecule has 0 aromatic heterocycles. The van der Waals surface area contributed by atoms with Crippen LogP contribution >= 0.6 is 0 Å². The fourth-order valence-corrected chi connectivity index (χ4v) is 1.40. The van der Waals surface area contributed by atoms with Gasteiger partial charge in [-0.1, -0.05) is 37.4 Å². The van der Waals surface area contributed by atoms with Crippen LogP contribution in [0.3, 0.4) is 0 Å². The zero-order valence-electron chi connectivity index (χ0n) is 7.72. The predicted octanol–water partition coefficient (Wildman–Crippen LogP) is 3.59. The van der Waals surface area contributed by atoms with Crippen molar-refractivity contribution in [3.8, 4) is 0 Å². The maximum absolute atomic E-state index is 3.79. The average Bonchev–Trinajstić information content (AvgIpc) is 2.08. The molecule has 0 aliphatic heterocycles. The lowest BCUT2D eigenvalue weighted by Gasteiger charge is -2.07. The lowest BCUT2D eigenvalue weighted by molar-refractivity contribution is 1.36. The molecule has 0 N–H and O–H groups in total. The van der Waals surface area contributed by atoms with E-state index in [1.807, 2.05) is 12.2 Å². The lowest BCUT2D eigenvalue weighted by atomic mass is 9.97. The van der Waals surface area contributed by atoms with E-state index in [0.29, 0.717) is 0 Å². The first-order valence-electron chi connectivity index (χ1n) is 4.05. The van der Waals surface area contributed by atoms with E-state index in [-0.39, 0.29) is 0 Å². The molecule has 62 valence electrons. The highest BCUT2D eigenvalue weighted by molar-refractivity contribution is 5.68. The van der Waals surface area contributed by atoms with Gasteiger partial charge in [0.1, 0.15) is 0 Å². The first-order valence-corrected chi connectivity index (χ1v) is 4.05. The van der Waals surface area contributed by atoms with Crippen molar-refractivity contribution in [3.63, 3.8) is 0 Å². The molecule has 0 radical (unpaired) electrons. The van der Waals surface area contributed by atoms with E-state index < -0.39 is 0 Å². The smallest absolute Gasteiger partial charge is 0.0158 e. The molecule has 0 saturated carbocycles. The molecule has 0 heterocycles. The van der Waals surface area contributed by atoms with Crippen LogP contribution < -0.4 is 0 Å². The van der Waals surface area contributed by atoms with Crippen molar-refractivity contribution in [2.45, 2.75) is 13.8 Å². The van der Waals surface area contributed by atoms with Crippen molar-refractivity contribution in [1.82, 2.24) is 0 Å². The van der Waals surface area contributed by atoms with Gasteiger partial charge in [-0.2, -0.15) is 0 Å². The monoisotopic (exact) mass is 158 g/mol. The van der Waals surface area contributed by atoms with Crippen LogP contribution in [0.4, 0.5) is 0 Å². The molecule has 0 nitrogen and oxygen atoms in total. The molecule has 0 bridgehead atoms. The van der Waals surface area contributed by atoms with Gasteiger partial charge >= 0.3 is 0 Å². The third-order valence-electron chi connectivity index (χ3n) is 2.13. The van der Waals surface area contributed by atoms with Gasteiger partial charge < -0.3 is 0 Å². The minimum Gasteiger partial charge on any atom is -0.0984 e. The molecule has 0 amide bonds. The molecule has 0 unspecified atom stereocenters. The van der Waals surface area contributed by atoms with Crippen LogP contribution in [-0.4, -0.2) is 0 Å². The van der Waals surface area contributed by atoms with Crippen LogP contribution in [0, 0.1) is 13.8 Å². The highest BCUT2D eigenvalue weighted by Gasteiger charge is 2.01. The Kier molecular flexibility index (Phi) is 2.49. The zero-order chi connectivity index (χ0) is 9.14. The average molecular weight is 158 g/mol. The predicted molar refractivity (Wildman–Crippen MR) is 56.1 cm³/mol. The first-order chi connectivity index (χ1) is 5.70. The van der Waals surface area contributed by atoms with Crippen molar-refractivity contribution >= 4 is 12.2 Å². The number of rotatable bonds is 2. The first kappa shape index (κ1) is 8.79. The molecule has 1 rings (SSSR count). The number of aryl methyl sites for hydroxylation is 2. The molecule has 1 aromatic rings. The fraction of sp³-hybridized carbons (Fsp3) is 0.167. The highest BCUT2D eigenvalue weighted by atomic mass is 14.1. The molecule has 12 heavy (non-hydrogen) atoms. The van der Waals surface area contributed by atoms with Crippen LogP contribution in [-0.2, 0) is 0 Å². The van der Waals surface area contributed by atoms with Gasteiger partial charge in [0.25, 0.3) is 0 Å². The third-order valence-corrected chi connectivity index (χ3v) is 2.13. The molecule has 0 fully saturated rings. The summed E-state index contributed by atoms with van der Waals surface area (Å²) in [7, 11) is 0. The number of benzene rings is 1. The Balaban J connectivity index is 3.48. The van der Waals surface area contributed by atoms with Gasteiger partial charge in [0.15, 0.2) is 0 Å². The molecular weight excluding hydrogens is 144 g/mol. The van der Waals surface area contributed by atoms with Crippen LogP contribution in [0.25, 0.3) is 12.2 Å². The molecule has 0 aliphatic rings. The van der Waals surface area contributed by atoms with Crippen LogP contribution in [0.15, 0.2) is 25.3 Å². The van der Waals surface area contributed by atoms with E-state index in [9.17, 15) is 0 Å². The van der Waals surface area contributed by atoms with Gasteiger partial charge in [-0.05, 0) is 36.1 Å². The van der Waals surface area contributed by atoms with Gasteiger partial charge in [-0.3, -0.25) is 0 Å². The second-order valence-electron chi connectivity index (χ2n) is 2.93. The standard InChI is InChI=1S/C12H14/c1-5-11-9(3)7-8-10(4)12(11)6-2/h5-8H,1-2H2,3-4H3. The highest BCUT2D eigenvalue weighted by Crippen LogP contribution is 2.20. The van der Waals surface area contributed by atoms with Crippen LogP contribution in [0.1, 0.15) is 22.3 Å². The second-order valence-corrected chi connectivity index (χ2v) is 2.93. The van der Waals surface area contributed by atoms with Crippen molar-refractivity contribution < 1.29 is 0 Å². The van der Waals surface area contributed by atoms with E-state index in [1.165, 1.54) is 22.3 Å². The van der Waals surface area contributed by atoms with Gasteiger partial charge in [0, 0.05) is 0 Å². The summed E-state index contributed by atoms with van der Waals surface area (Å²) in [5.74, 6) is 0. The topological polar surface area (TPSA) is 0 Å². The Morgan fingerprint density at radius 1 is 0.917 bits per heavy atom. The number of hydrogen-bond acceptors (Lipinski definition) is 0. The van der Waals surface area contributed by atoms with Crippen molar-refractivity contribution in [2.75, 3.05) is 0 Å². The summed E-state index contributed by atoms with van der Waals surface area (Å²) in [6.07, 6.45) is 3.78. The Morgan fingerprint density at radius 2 is 1.25 bits per heavy atom. The molecule has 0 spiro atoms. The van der Waals surface area contributed by atoms with Crippen molar-refractivity contribution in [1.29, 1.82) is 0 Å². The normalized spacial score (nSPS) is 9.50. The summed E-state index contributed by atoms with van der Waals surface area (Å²) in [6.45, 7) is 11.8. The second kappa shape index (κ2) is 3.40. The maximum atomic E-state index is 3.79. The Bertz CT molecular complexity index is 286. The third kappa shape index (κ3) is 1.33. The fourth-order valence-electron chi connectivity index (χ4n) is 1.40. The Morgan fingerprint density at radius 3 is 1.50 bits per heavy atom. The SMILES string of the molecule is C=Cc1c(C)ccc(C)c1C=C. The van der Waals surface area contributed by atoms with Crippen molar-refractivity contribution in [2.24, 2.45) is 0 Å². The Hall–Kier alpha value is -1.30. The zero-order valence-corrected chi connectivity index (χ0v) is 7.72. The summed E-state index contributed by atoms with van der Waals surface area (Å²) in [5, 5.41) is 0. The number of hydrogen-bond donors (Lipinski definition) is 0. The van der Waals surface area contributed by atoms with Gasteiger partial charge in [0.2, 0.25) is 0 Å². The largest absolute Gasteiger partial charge is 0.0984 e. The quantitative estimate of drug-likeness (QED) is 0.617. The summed E-state index contributed by atoms with van der Waals surface area (Å²) in [4.78, 5) is 0. The summed E-state index contributed by atoms with van der Waals surface area (Å²) >= 11 is 0. The molecular formula is C12H14. The maximum Gasteiger partial charge on any atom is -0.0158 e. The molecule has 0 atom stereocenters. The lowest BCUT2D eigenvalue weighted by Crippen LogP contribution is -1.89. The van der Waals surface area contributed by atoms with E-state index in [1.54, 1.807) is 0 Å². The van der Waals surface area contributed by atoms with Gasteiger partial charge in [0.05, 0.1) is 0 Å². The van der Waals surface area contributed by atoms with Crippen molar-refractivity contribution in [3.05, 3.63) is 47.5 Å². The van der Waals surface area contributed by atoms with Crippen LogP contribution in [0.2, 0.25) is 0 Å². The van der Waals surface area contributed by atoms with E-state index in [0.717, 1.165) is 0 Å². The molecule has 1 aromatic carbocycles. The summed E-state index contributed by atoms with van der Waals surface area (Å²) in [6, 6.07) is 4.22. The molecule has 0 saturated heterocycles. The summed E-state index contributed by atoms with van der Waals surface area (Å²) < 4.78 is 0. The van der Waals surface area contributed by atoms with Gasteiger partial charge in [-0.15, -0.1) is 0 Å². The Labute approximate surface area is 74.2 Å². The van der Waals surface area contributed by atoms with E-state index in [4.69, 9.17) is 0 Å². The molecule has 0 aliphatic carbocycles. The molecule has 0 heteroatoms. The van der Waals surface area contributed by atoms with E-state index >= 15 is 0 Å². The van der Waals surface area contributed by atoms with E-state index in [2.05, 4.69) is 39.1 Å². The minimum atomic E-state index is 1.20. The minimum absolute atomic E-state index is 1.20. The summed E-state index contributed by atoms with van der Waals surface area (Å²) in [5.41, 5.74) is 4.91. The van der Waals surface area contributed by atoms with Crippen LogP contribution in [0.5, 0.6) is 0 Å². The van der Waals surface area contributed by atoms with Gasteiger partial charge in [-0.25, -0.2) is 0 Å².